The van der Waals surface area contributed by atoms with Crippen LogP contribution in [0.5, 0.6) is 5.75 Å². The lowest BCUT2D eigenvalue weighted by molar-refractivity contribution is 0.102. The van der Waals surface area contributed by atoms with Crippen molar-refractivity contribution in [2.75, 3.05) is 26.2 Å². The first-order valence-corrected chi connectivity index (χ1v) is 9.78. The van der Waals surface area contributed by atoms with Gasteiger partial charge in [0.1, 0.15) is 5.75 Å². The Morgan fingerprint density at radius 1 is 0.958 bits per heavy atom. The highest BCUT2D eigenvalue weighted by molar-refractivity contribution is 5.44. The molecule has 2 nitrogen and oxygen atoms in total. The fourth-order valence-corrected chi connectivity index (χ4v) is 3.69. The molecule has 1 aliphatic rings. The summed E-state index contributed by atoms with van der Waals surface area (Å²) in [5.41, 5.74) is 2.86. The van der Waals surface area contributed by atoms with Gasteiger partial charge in [-0.15, -0.1) is 0 Å². The van der Waals surface area contributed by atoms with Crippen molar-refractivity contribution < 1.29 is 4.74 Å². The lowest BCUT2D eigenvalue weighted by atomic mass is 9.91. The predicted molar refractivity (Wildman–Crippen MR) is 104 cm³/mol. The molecule has 1 heterocycles. The highest BCUT2D eigenvalue weighted by Gasteiger charge is 2.25. The van der Waals surface area contributed by atoms with Crippen LogP contribution in [0.4, 0.5) is 0 Å². The first-order valence-electron chi connectivity index (χ1n) is 9.78. The lowest BCUT2D eigenvalue weighted by Crippen LogP contribution is -2.40. The number of hydrogen-bond acceptors (Lipinski definition) is 2. The highest BCUT2D eigenvalue weighted by atomic mass is 16.5. The molecular weight excluding hydrogens is 294 g/mol. The quantitative estimate of drug-likeness (QED) is 0.624. The molecule has 0 N–H and O–H groups in total. The summed E-state index contributed by atoms with van der Waals surface area (Å²) in [6, 6.07) is 6.63. The number of hydrogen-bond donors (Lipinski definition) is 0. The molecule has 2 heteroatoms. The maximum absolute atomic E-state index is 6.47. The number of nitrogens with zero attached hydrogens (tertiary/aromatic N) is 1. The summed E-state index contributed by atoms with van der Waals surface area (Å²) in [7, 11) is 0. The van der Waals surface area contributed by atoms with E-state index >= 15 is 0 Å². The van der Waals surface area contributed by atoms with Gasteiger partial charge in [-0.25, -0.2) is 0 Å². The van der Waals surface area contributed by atoms with Gasteiger partial charge in [-0.2, -0.15) is 0 Å². The average molecular weight is 332 g/mol. The summed E-state index contributed by atoms with van der Waals surface area (Å²) in [4.78, 5) is 2.62. The van der Waals surface area contributed by atoms with Crippen molar-refractivity contribution in [2.45, 2.75) is 72.6 Å². The van der Waals surface area contributed by atoms with Crippen molar-refractivity contribution in [1.82, 2.24) is 4.90 Å². The van der Waals surface area contributed by atoms with E-state index in [0.717, 1.165) is 18.9 Å². The molecule has 1 aliphatic heterocycles. The number of piperidine rings is 1. The Hall–Kier alpha value is -1.02. The molecule has 24 heavy (non-hydrogen) atoms. The Bertz CT molecular complexity index is 486. The van der Waals surface area contributed by atoms with E-state index in [9.17, 15) is 0 Å². The van der Waals surface area contributed by atoms with Gasteiger partial charge in [-0.1, -0.05) is 66.2 Å². The molecule has 1 saturated heterocycles. The van der Waals surface area contributed by atoms with Gasteiger partial charge in [0.25, 0.3) is 0 Å². The van der Waals surface area contributed by atoms with Crippen LogP contribution in [0.25, 0.3) is 0 Å². The summed E-state index contributed by atoms with van der Waals surface area (Å²) < 4.78 is 6.47. The summed E-state index contributed by atoms with van der Waals surface area (Å²) in [6.07, 6.45) is 4.10. The van der Waals surface area contributed by atoms with Crippen molar-refractivity contribution in [2.24, 2.45) is 5.41 Å². The summed E-state index contributed by atoms with van der Waals surface area (Å²) in [5.74, 6) is 2.11. The zero-order valence-corrected chi connectivity index (χ0v) is 16.7. The maximum Gasteiger partial charge on any atom is 0.126 e. The Kier molecular flexibility index (Phi) is 6.74. The zero-order chi connectivity index (χ0) is 17.7. The normalized spacial score (nSPS) is 16.8. The van der Waals surface area contributed by atoms with Gasteiger partial charge in [0, 0.05) is 12.0 Å². The van der Waals surface area contributed by atoms with Crippen LogP contribution < -0.4 is 4.74 Å². The third kappa shape index (κ3) is 5.24. The smallest absolute Gasteiger partial charge is 0.126 e. The van der Waals surface area contributed by atoms with E-state index in [2.05, 4.69) is 64.6 Å². The van der Waals surface area contributed by atoms with Crippen molar-refractivity contribution in [3.05, 3.63) is 29.3 Å². The van der Waals surface area contributed by atoms with Crippen molar-refractivity contribution >= 4 is 0 Å². The molecular formula is C22H37NO. The molecule has 0 bridgehead atoms. The molecule has 1 aromatic rings. The molecule has 0 spiro atoms. The standard InChI is InChI=1S/C22H37NO/c1-17(2)19-11-10-12-20(18(3)4)21(19)24-16-22(5,6)15-23-13-8-7-9-14-23/h10-12,17-18H,7-9,13-16H2,1-6H3. The van der Waals surface area contributed by atoms with Gasteiger partial charge in [-0.3, -0.25) is 0 Å². The van der Waals surface area contributed by atoms with Gasteiger partial charge in [0.15, 0.2) is 0 Å². The Balaban J connectivity index is 2.09. The molecule has 0 aliphatic carbocycles. The molecule has 2 rings (SSSR count). The van der Waals surface area contributed by atoms with Crippen LogP contribution in [-0.4, -0.2) is 31.1 Å². The van der Waals surface area contributed by atoms with E-state index in [0.29, 0.717) is 11.8 Å². The van der Waals surface area contributed by atoms with Gasteiger partial charge >= 0.3 is 0 Å². The van der Waals surface area contributed by atoms with Crippen LogP contribution in [0.3, 0.4) is 0 Å². The van der Waals surface area contributed by atoms with Gasteiger partial charge in [-0.05, 0) is 48.9 Å². The van der Waals surface area contributed by atoms with E-state index in [1.54, 1.807) is 0 Å². The second-order valence-corrected chi connectivity index (χ2v) is 8.86. The fourth-order valence-electron chi connectivity index (χ4n) is 3.69. The average Bonchev–Trinajstić information content (AvgIpc) is 2.53. The maximum atomic E-state index is 6.47. The van der Waals surface area contributed by atoms with Crippen molar-refractivity contribution in [1.29, 1.82) is 0 Å². The van der Waals surface area contributed by atoms with Crippen LogP contribution in [0.2, 0.25) is 0 Å². The van der Waals surface area contributed by atoms with Crippen molar-refractivity contribution in [3.63, 3.8) is 0 Å². The fraction of sp³-hybridized carbons (Fsp3) is 0.727. The minimum Gasteiger partial charge on any atom is -0.492 e. The molecule has 0 saturated carbocycles. The lowest BCUT2D eigenvalue weighted by Gasteiger charge is -2.35. The molecule has 0 aromatic heterocycles. The molecule has 136 valence electrons. The van der Waals surface area contributed by atoms with E-state index < -0.39 is 0 Å². The minimum atomic E-state index is 0.176. The highest BCUT2D eigenvalue weighted by Crippen LogP contribution is 2.35. The summed E-state index contributed by atoms with van der Waals surface area (Å²) in [5, 5.41) is 0. The summed E-state index contributed by atoms with van der Waals surface area (Å²) >= 11 is 0. The van der Waals surface area contributed by atoms with Crippen LogP contribution in [0.15, 0.2) is 18.2 Å². The van der Waals surface area contributed by atoms with Gasteiger partial charge < -0.3 is 9.64 Å². The molecule has 0 amide bonds. The third-order valence-electron chi connectivity index (χ3n) is 5.03. The predicted octanol–water partition coefficient (Wildman–Crippen LogP) is 5.82. The van der Waals surface area contributed by atoms with E-state index in [-0.39, 0.29) is 5.41 Å². The number of ether oxygens (including phenoxy) is 1. The minimum absolute atomic E-state index is 0.176. The van der Waals surface area contributed by atoms with Crippen LogP contribution in [0, 0.1) is 5.41 Å². The first-order chi connectivity index (χ1) is 11.3. The van der Waals surface area contributed by atoms with Crippen LogP contribution >= 0.6 is 0 Å². The molecule has 0 radical (unpaired) electrons. The second-order valence-electron chi connectivity index (χ2n) is 8.86. The number of likely N-dealkylation sites (tertiary alicyclic amines) is 1. The van der Waals surface area contributed by atoms with E-state index in [1.165, 1.54) is 43.5 Å². The topological polar surface area (TPSA) is 12.5 Å². The van der Waals surface area contributed by atoms with Gasteiger partial charge in [0.05, 0.1) is 6.61 Å². The van der Waals surface area contributed by atoms with Crippen LogP contribution in [0.1, 0.15) is 83.8 Å². The monoisotopic (exact) mass is 331 g/mol. The van der Waals surface area contributed by atoms with Crippen LogP contribution in [-0.2, 0) is 0 Å². The zero-order valence-electron chi connectivity index (χ0n) is 16.7. The van der Waals surface area contributed by atoms with E-state index in [1.807, 2.05) is 0 Å². The largest absolute Gasteiger partial charge is 0.492 e. The number of para-hydroxylation sites is 1. The molecule has 0 unspecified atom stereocenters. The molecule has 0 atom stereocenters. The Labute approximate surface area is 149 Å². The Morgan fingerprint density at radius 2 is 1.50 bits per heavy atom. The second kappa shape index (κ2) is 8.38. The van der Waals surface area contributed by atoms with Gasteiger partial charge in [0.2, 0.25) is 0 Å². The number of rotatable bonds is 7. The Morgan fingerprint density at radius 3 is 2.00 bits per heavy atom. The third-order valence-corrected chi connectivity index (χ3v) is 5.03. The summed E-state index contributed by atoms with van der Waals surface area (Å²) in [6.45, 7) is 18.1. The SMILES string of the molecule is CC(C)c1cccc(C(C)C)c1OCC(C)(C)CN1CCCCC1. The van der Waals surface area contributed by atoms with E-state index in [4.69, 9.17) is 4.74 Å². The first kappa shape index (κ1) is 19.3. The number of benzene rings is 1. The molecule has 1 aromatic carbocycles. The van der Waals surface area contributed by atoms with Crippen molar-refractivity contribution in [3.8, 4) is 5.75 Å². The molecule has 1 fully saturated rings.